The fourth-order valence-corrected chi connectivity index (χ4v) is 5.30. The van der Waals surface area contributed by atoms with Crippen molar-refractivity contribution in [2.75, 3.05) is 0 Å². The van der Waals surface area contributed by atoms with Crippen LogP contribution in [0.15, 0.2) is 0 Å². The maximum absolute atomic E-state index is 10.1. The number of hydrogen-bond donors (Lipinski definition) is 2. The van der Waals surface area contributed by atoms with Gasteiger partial charge in [-0.1, -0.05) is 0 Å². The summed E-state index contributed by atoms with van der Waals surface area (Å²) >= 11 is 0.230. The van der Waals surface area contributed by atoms with E-state index in [-0.39, 0.29) is 11.1 Å². The minimum Gasteiger partial charge on any atom is -0.263 e. The SMILES string of the molecule is O=S(=O)(O)OS1(OS(=O)(=O)O)OS1. The van der Waals surface area contributed by atoms with E-state index in [2.05, 4.69) is 10.9 Å². The van der Waals surface area contributed by atoms with Crippen molar-refractivity contribution in [1.29, 1.82) is 0 Å². The van der Waals surface area contributed by atoms with Crippen molar-refractivity contribution >= 4 is 41.8 Å². The number of rotatable bonds is 4. The Balaban J connectivity index is 2.70. The van der Waals surface area contributed by atoms with E-state index >= 15 is 0 Å². The van der Waals surface area contributed by atoms with Gasteiger partial charge in [-0.2, -0.15) is 20.5 Å². The third-order valence-electron chi connectivity index (χ3n) is 0.518. The van der Waals surface area contributed by atoms with E-state index in [1.807, 2.05) is 0 Å². The molecule has 0 atom stereocenters. The molecule has 0 aromatic heterocycles. The van der Waals surface area contributed by atoms with Crippen molar-refractivity contribution in [3.63, 3.8) is 0 Å². The van der Waals surface area contributed by atoms with Crippen LogP contribution >= 0.6 is 21.0 Å². The summed E-state index contributed by atoms with van der Waals surface area (Å²) in [5.41, 5.74) is 0. The molecule has 13 heteroatoms. The second kappa shape index (κ2) is 3.21. The van der Waals surface area contributed by atoms with Crippen molar-refractivity contribution < 1.29 is 36.8 Å². The molecule has 0 spiro atoms. The largest absolute Gasteiger partial charge is 0.411 e. The molecule has 1 aliphatic heterocycles. The highest BCUT2D eigenvalue weighted by Gasteiger charge is 2.54. The van der Waals surface area contributed by atoms with Crippen LogP contribution in [0.5, 0.6) is 0 Å². The molecule has 0 aliphatic carbocycles. The molecule has 1 rings (SSSR count). The van der Waals surface area contributed by atoms with Gasteiger partial charge in [0, 0.05) is 0 Å². The van der Waals surface area contributed by atoms with Crippen molar-refractivity contribution in [2.24, 2.45) is 0 Å². The van der Waals surface area contributed by atoms with Gasteiger partial charge in [-0.15, -0.1) is 7.26 Å². The first-order valence-electron chi connectivity index (χ1n) is 2.20. The van der Waals surface area contributed by atoms with Gasteiger partial charge in [0.2, 0.25) is 9.90 Å². The van der Waals surface area contributed by atoms with Crippen molar-refractivity contribution in [2.45, 2.75) is 0 Å². The molecule has 2 N–H and O–H groups in total. The Morgan fingerprint density at radius 2 is 1.38 bits per heavy atom. The second-order valence-electron chi connectivity index (χ2n) is 1.54. The molecule has 1 fully saturated rings. The van der Waals surface area contributed by atoms with Crippen LogP contribution in [-0.2, 0) is 31.7 Å². The molecular weight excluding hydrogens is 272 g/mol. The van der Waals surface area contributed by atoms with Crippen LogP contribution in [0.25, 0.3) is 0 Å². The predicted octanol–water partition coefficient (Wildman–Crippen LogP) is -0.232. The second-order valence-corrected chi connectivity index (χ2v) is 7.47. The van der Waals surface area contributed by atoms with Gasteiger partial charge in [-0.3, -0.25) is 9.11 Å². The highest BCUT2D eigenvalue weighted by molar-refractivity contribution is 8.99. The smallest absolute Gasteiger partial charge is 0.263 e. The van der Waals surface area contributed by atoms with E-state index < -0.39 is 30.7 Å². The third-order valence-corrected chi connectivity index (χ3v) is 5.66. The van der Waals surface area contributed by atoms with Crippen molar-refractivity contribution in [3.05, 3.63) is 0 Å². The van der Waals surface area contributed by atoms with Crippen LogP contribution in [0.2, 0.25) is 0 Å². The van der Waals surface area contributed by atoms with E-state index in [4.69, 9.17) is 9.11 Å². The zero-order valence-corrected chi connectivity index (χ0v) is 8.65. The van der Waals surface area contributed by atoms with E-state index in [1.165, 1.54) is 0 Å². The van der Waals surface area contributed by atoms with Gasteiger partial charge < -0.3 is 0 Å². The minimum atomic E-state index is -4.90. The molecule has 0 unspecified atom stereocenters. The Labute approximate surface area is 78.8 Å². The summed E-state index contributed by atoms with van der Waals surface area (Å²) in [5.74, 6) is 0. The Hall–Kier alpha value is 0.400. The molecule has 1 heterocycles. The quantitative estimate of drug-likeness (QED) is 0.305. The molecule has 1 saturated heterocycles. The summed E-state index contributed by atoms with van der Waals surface area (Å²) in [6.45, 7) is 0. The Morgan fingerprint density at radius 1 is 1.08 bits per heavy atom. The Kier molecular flexibility index (Phi) is 2.83. The van der Waals surface area contributed by atoms with Gasteiger partial charge in [-0.05, 0) is 0 Å². The van der Waals surface area contributed by atoms with E-state index in [9.17, 15) is 16.8 Å². The first kappa shape index (κ1) is 11.5. The molecule has 0 aromatic rings. The van der Waals surface area contributed by atoms with E-state index in [1.54, 1.807) is 0 Å². The van der Waals surface area contributed by atoms with Crippen LogP contribution in [0.3, 0.4) is 0 Å². The lowest BCUT2D eigenvalue weighted by molar-refractivity contribution is 0.357. The van der Waals surface area contributed by atoms with Crippen LogP contribution in [-0.4, -0.2) is 25.9 Å². The highest BCUT2D eigenvalue weighted by Crippen LogP contribution is 2.82. The van der Waals surface area contributed by atoms with E-state index in [0.717, 1.165) is 0 Å². The summed E-state index contributed by atoms with van der Waals surface area (Å²) in [7, 11) is -13.2. The van der Waals surface area contributed by atoms with Crippen LogP contribution < -0.4 is 0 Å². The third kappa shape index (κ3) is 4.43. The predicted molar refractivity (Wildman–Crippen MR) is 41.5 cm³/mol. The summed E-state index contributed by atoms with van der Waals surface area (Å²) in [6.07, 6.45) is 0. The normalized spacial score (nSPS) is 23.8. The molecule has 0 aromatic carbocycles. The molecule has 80 valence electrons. The van der Waals surface area contributed by atoms with Gasteiger partial charge in [0.15, 0.2) is 0 Å². The van der Waals surface area contributed by atoms with E-state index in [0.29, 0.717) is 0 Å². The lowest BCUT2D eigenvalue weighted by atomic mass is 15.7. The van der Waals surface area contributed by atoms with Crippen LogP contribution in [0.1, 0.15) is 0 Å². The molecule has 1 aliphatic rings. The average Bonchev–Trinajstić information content (AvgIpc) is 2.36. The standard InChI is InChI=1S/H2O9S4/c1-11(2,3)8-13(7-10-13)9-12(4,5)6/h(H,1,2,3)(H,4,5,6). The van der Waals surface area contributed by atoms with Gasteiger partial charge >= 0.3 is 20.8 Å². The van der Waals surface area contributed by atoms with Gasteiger partial charge in [-0.25, -0.2) is 0 Å². The van der Waals surface area contributed by atoms with Crippen molar-refractivity contribution in [3.8, 4) is 0 Å². The zero-order chi connectivity index (χ0) is 10.3. The Morgan fingerprint density at radius 3 is 1.54 bits per heavy atom. The fourth-order valence-electron chi connectivity index (χ4n) is 0.290. The topological polar surface area (TPSA) is 140 Å². The molecule has 0 saturated carbocycles. The first-order chi connectivity index (χ1) is 5.62. The molecule has 0 radical (unpaired) electrons. The highest BCUT2D eigenvalue weighted by atomic mass is 33.2. The summed E-state index contributed by atoms with van der Waals surface area (Å²) in [4.78, 5) is 0. The minimum absolute atomic E-state index is 0.230. The molecule has 13 heavy (non-hydrogen) atoms. The van der Waals surface area contributed by atoms with Crippen LogP contribution in [0, 0.1) is 0 Å². The maximum Gasteiger partial charge on any atom is 0.411 e. The average molecular weight is 274 g/mol. The molecule has 0 amide bonds. The van der Waals surface area contributed by atoms with Gasteiger partial charge in [0.05, 0.1) is 0 Å². The summed E-state index contributed by atoms with van der Waals surface area (Å²) in [5, 5.41) is 0. The molecule has 9 nitrogen and oxygen atoms in total. The summed E-state index contributed by atoms with van der Waals surface area (Å²) < 4.78 is 68.1. The lowest BCUT2D eigenvalue weighted by Crippen LogP contribution is -2.07. The Bertz CT molecular complexity index is 343. The molecule has 0 bridgehead atoms. The molecular formula is H2O9S4. The lowest BCUT2D eigenvalue weighted by Gasteiger charge is -2.07. The maximum atomic E-state index is 10.1. The van der Waals surface area contributed by atoms with Gasteiger partial charge in [0.1, 0.15) is 11.1 Å². The van der Waals surface area contributed by atoms with Crippen LogP contribution in [0.4, 0.5) is 0 Å². The van der Waals surface area contributed by atoms with Gasteiger partial charge in [0.25, 0.3) is 0 Å². The van der Waals surface area contributed by atoms with Crippen molar-refractivity contribution in [1.82, 2.24) is 0 Å². The monoisotopic (exact) mass is 274 g/mol. The summed E-state index contributed by atoms with van der Waals surface area (Å²) in [6, 6.07) is 0. The zero-order valence-electron chi connectivity index (χ0n) is 5.39. The first-order valence-corrected chi connectivity index (χ1v) is 7.60. The number of hydrogen-bond acceptors (Lipinski definition) is 8. The fraction of sp³-hybridized carbons (Fsp3) is 0.